The SMILES string of the molecule is CCNCc1ccn(Cc2ccc(C)c(C)c2)n1. The van der Waals surface area contributed by atoms with Gasteiger partial charge in [-0.15, -0.1) is 0 Å². The van der Waals surface area contributed by atoms with Crippen molar-refractivity contribution >= 4 is 0 Å². The van der Waals surface area contributed by atoms with Crippen molar-refractivity contribution in [3.05, 3.63) is 52.8 Å². The van der Waals surface area contributed by atoms with Gasteiger partial charge in [0.05, 0.1) is 12.2 Å². The summed E-state index contributed by atoms with van der Waals surface area (Å²) in [5, 5.41) is 7.83. The molecule has 0 unspecified atom stereocenters. The van der Waals surface area contributed by atoms with Crippen LogP contribution in [0.15, 0.2) is 30.5 Å². The maximum absolute atomic E-state index is 4.55. The van der Waals surface area contributed by atoms with Gasteiger partial charge in [0.25, 0.3) is 0 Å². The zero-order valence-corrected chi connectivity index (χ0v) is 11.4. The average molecular weight is 243 g/mol. The Morgan fingerprint density at radius 3 is 2.72 bits per heavy atom. The summed E-state index contributed by atoms with van der Waals surface area (Å²) in [7, 11) is 0. The fourth-order valence-corrected chi connectivity index (χ4v) is 1.93. The van der Waals surface area contributed by atoms with Crippen LogP contribution in [0.1, 0.15) is 29.3 Å². The van der Waals surface area contributed by atoms with Crippen LogP contribution in [0, 0.1) is 13.8 Å². The molecular weight excluding hydrogens is 222 g/mol. The number of aryl methyl sites for hydroxylation is 2. The highest BCUT2D eigenvalue weighted by Crippen LogP contribution is 2.11. The number of rotatable bonds is 5. The summed E-state index contributed by atoms with van der Waals surface area (Å²) in [6.45, 7) is 9.06. The number of hydrogen-bond acceptors (Lipinski definition) is 2. The Hall–Kier alpha value is -1.61. The van der Waals surface area contributed by atoms with Crippen LogP contribution in [-0.2, 0) is 13.1 Å². The number of hydrogen-bond donors (Lipinski definition) is 1. The van der Waals surface area contributed by atoms with E-state index < -0.39 is 0 Å². The van der Waals surface area contributed by atoms with Crippen molar-refractivity contribution < 1.29 is 0 Å². The van der Waals surface area contributed by atoms with Gasteiger partial charge in [-0.1, -0.05) is 25.1 Å². The van der Waals surface area contributed by atoms with Gasteiger partial charge in [-0.05, 0) is 43.1 Å². The summed E-state index contributed by atoms with van der Waals surface area (Å²) in [6.07, 6.45) is 2.04. The van der Waals surface area contributed by atoms with Gasteiger partial charge in [-0.25, -0.2) is 0 Å². The summed E-state index contributed by atoms with van der Waals surface area (Å²) in [5.74, 6) is 0. The van der Waals surface area contributed by atoms with E-state index >= 15 is 0 Å². The minimum Gasteiger partial charge on any atom is -0.311 e. The molecule has 3 nitrogen and oxygen atoms in total. The molecule has 0 saturated carbocycles. The Balaban J connectivity index is 2.04. The van der Waals surface area contributed by atoms with Gasteiger partial charge in [0.2, 0.25) is 0 Å². The fraction of sp³-hybridized carbons (Fsp3) is 0.400. The Morgan fingerprint density at radius 2 is 2.00 bits per heavy atom. The lowest BCUT2D eigenvalue weighted by molar-refractivity contribution is 0.644. The van der Waals surface area contributed by atoms with Crippen LogP contribution in [0.5, 0.6) is 0 Å². The monoisotopic (exact) mass is 243 g/mol. The van der Waals surface area contributed by atoms with Crippen LogP contribution >= 0.6 is 0 Å². The molecule has 0 bridgehead atoms. The second kappa shape index (κ2) is 5.83. The molecule has 1 aromatic carbocycles. The molecule has 2 rings (SSSR count). The van der Waals surface area contributed by atoms with Crippen LogP contribution in [-0.4, -0.2) is 16.3 Å². The quantitative estimate of drug-likeness (QED) is 0.875. The Bertz CT molecular complexity index is 514. The lowest BCUT2D eigenvalue weighted by Crippen LogP contribution is -2.12. The molecule has 0 saturated heterocycles. The molecule has 0 aliphatic rings. The summed E-state index contributed by atoms with van der Waals surface area (Å²) in [4.78, 5) is 0. The molecule has 18 heavy (non-hydrogen) atoms. The highest BCUT2D eigenvalue weighted by molar-refractivity contribution is 5.30. The normalized spacial score (nSPS) is 10.8. The second-order valence-electron chi connectivity index (χ2n) is 4.70. The standard InChI is InChI=1S/C15H21N3/c1-4-16-10-15-7-8-18(17-15)11-14-6-5-12(2)13(3)9-14/h5-9,16H,4,10-11H2,1-3H3. The van der Waals surface area contributed by atoms with Crippen molar-refractivity contribution in [1.82, 2.24) is 15.1 Å². The third-order valence-corrected chi connectivity index (χ3v) is 3.17. The molecule has 0 spiro atoms. The van der Waals surface area contributed by atoms with E-state index in [4.69, 9.17) is 0 Å². The van der Waals surface area contributed by atoms with Gasteiger partial charge >= 0.3 is 0 Å². The molecule has 0 radical (unpaired) electrons. The first kappa shape index (κ1) is 12.8. The van der Waals surface area contributed by atoms with Crippen molar-refractivity contribution in [3.8, 4) is 0 Å². The van der Waals surface area contributed by atoms with Crippen LogP contribution in [0.25, 0.3) is 0 Å². The van der Waals surface area contributed by atoms with Gasteiger partial charge in [0, 0.05) is 12.7 Å². The van der Waals surface area contributed by atoms with E-state index in [-0.39, 0.29) is 0 Å². The molecule has 1 N–H and O–H groups in total. The zero-order valence-electron chi connectivity index (χ0n) is 11.4. The Kier molecular flexibility index (Phi) is 4.15. The minimum absolute atomic E-state index is 0.841. The van der Waals surface area contributed by atoms with E-state index in [9.17, 15) is 0 Å². The topological polar surface area (TPSA) is 29.9 Å². The summed E-state index contributed by atoms with van der Waals surface area (Å²) >= 11 is 0. The molecule has 3 heteroatoms. The molecule has 96 valence electrons. The highest BCUT2D eigenvalue weighted by atomic mass is 15.3. The second-order valence-corrected chi connectivity index (χ2v) is 4.70. The zero-order chi connectivity index (χ0) is 13.0. The van der Waals surface area contributed by atoms with Crippen LogP contribution in [0.4, 0.5) is 0 Å². The Labute approximate surface area is 109 Å². The number of nitrogens with zero attached hydrogens (tertiary/aromatic N) is 2. The van der Waals surface area contributed by atoms with Crippen molar-refractivity contribution in [2.24, 2.45) is 0 Å². The van der Waals surface area contributed by atoms with E-state index in [0.29, 0.717) is 0 Å². The molecule has 1 aromatic heterocycles. The fourth-order valence-electron chi connectivity index (χ4n) is 1.93. The van der Waals surface area contributed by atoms with Crippen molar-refractivity contribution in [3.63, 3.8) is 0 Å². The molecule has 0 aliphatic carbocycles. The number of aromatic nitrogens is 2. The maximum atomic E-state index is 4.55. The van der Waals surface area contributed by atoms with E-state index in [1.165, 1.54) is 16.7 Å². The first-order valence-corrected chi connectivity index (χ1v) is 6.48. The predicted molar refractivity (Wildman–Crippen MR) is 74.6 cm³/mol. The first-order valence-electron chi connectivity index (χ1n) is 6.48. The Morgan fingerprint density at radius 1 is 1.17 bits per heavy atom. The van der Waals surface area contributed by atoms with E-state index in [2.05, 4.69) is 55.5 Å². The summed E-state index contributed by atoms with van der Waals surface area (Å²) in [5.41, 5.74) is 5.08. The molecule has 0 fully saturated rings. The molecule has 2 aromatic rings. The molecular formula is C15H21N3. The maximum Gasteiger partial charge on any atom is 0.0762 e. The van der Waals surface area contributed by atoms with Gasteiger partial charge in [-0.3, -0.25) is 4.68 Å². The van der Waals surface area contributed by atoms with Gasteiger partial charge in [-0.2, -0.15) is 5.10 Å². The van der Waals surface area contributed by atoms with E-state index in [1.807, 2.05) is 10.9 Å². The van der Waals surface area contributed by atoms with Crippen molar-refractivity contribution in [2.45, 2.75) is 33.9 Å². The van der Waals surface area contributed by atoms with Crippen LogP contribution in [0.3, 0.4) is 0 Å². The van der Waals surface area contributed by atoms with Crippen LogP contribution in [0.2, 0.25) is 0 Å². The third-order valence-electron chi connectivity index (χ3n) is 3.17. The van der Waals surface area contributed by atoms with Gasteiger partial charge < -0.3 is 5.32 Å². The van der Waals surface area contributed by atoms with Gasteiger partial charge in [0.1, 0.15) is 0 Å². The molecule has 1 heterocycles. The minimum atomic E-state index is 0.841. The molecule has 0 amide bonds. The lowest BCUT2D eigenvalue weighted by atomic mass is 10.1. The van der Waals surface area contributed by atoms with Crippen molar-refractivity contribution in [1.29, 1.82) is 0 Å². The summed E-state index contributed by atoms with van der Waals surface area (Å²) < 4.78 is 2.00. The predicted octanol–water partition coefficient (Wildman–Crippen LogP) is 2.66. The van der Waals surface area contributed by atoms with E-state index in [1.54, 1.807) is 0 Å². The first-order chi connectivity index (χ1) is 8.69. The van der Waals surface area contributed by atoms with Crippen LogP contribution < -0.4 is 5.32 Å². The van der Waals surface area contributed by atoms with Crippen molar-refractivity contribution in [2.75, 3.05) is 6.54 Å². The van der Waals surface area contributed by atoms with Gasteiger partial charge in [0.15, 0.2) is 0 Å². The lowest BCUT2D eigenvalue weighted by Gasteiger charge is -2.05. The largest absolute Gasteiger partial charge is 0.311 e. The third kappa shape index (κ3) is 3.20. The average Bonchev–Trinajstić information content (AvgIpc) is 2.79. The molecule has 0 atom stereocenters. The highest BCUT2D eigenvalue weighted by Gasteiger charge is 2.01. The summed E-state index contributed by atoms with van der Waals surface area (Å²) in [6, 6.07) is 8.66. The smallest absolute Gasteiger partial charge is 0.0762 e. The van der Waals surface area contributed by atoms with E-state index in [0.717, 1.165) is 25.3 Å². The number of nitrogens with one attached hydrogen (secondary N) is 1. The molecule has 0 aliphatic heterocycles. The number of benzene rings is 1.